The first-order valence-electron chi connectivity index (χ1n) is 9.82. The maximum Gasteiger partial charge on any atom is 0.410 e. The third-order valence-electron chi connectivity index (χ3n) is 4.15. The first kappa shape index (κ1) is 23.0. The number of carbonyl (C=O) groups is 2. The van der Waals surface area contributed by atoms with Crippen molar-refractivity contribution in [3.05, 3.63) is 0 Å². The molecular weight excluding hydrogens is 348 g/mol. The van der Waals surface area contributed by atoms with Gasteiger partial charge < -0.3 is 24.6 Å². The van der Waals surface area contributed by atoms with Crippen LogP contribution in [0, 0.1) is 5.92 Å². The SMILES string of the molecule is CCNC(=NCCN(C)C(=O)OC(C)(C)C)N1CCC(C(=O)OCC)CC1. The zero-order valence-corrected chi connectivity index (χ0v) is 17.7. The van der Waals surface area contributed by atoms with Crippen molar-refractivity contribution >= 4 is 18.0 Å². The highest BCUT2D eigenvalue weighted by molar-refractivity contribution is 5.80. The number of nitrogens with one attached hydrogen (secondary N) is 1. The molecule has 8 nitrogen and oxygen atoms in total. The number of rotatable bonds is 6. The maximum atomic E-state index is 12.0. The van der Waals surface area contributed by atoms with Crippen molar-refractivity contribution in [1.82, 2.24) is 15.1 Å². The number of aliphatic imine (C=N–C) groups is 1. The van der Waals surface area contributed by atoms with E-state index in [9.17, 15) is 9.59 Å². The normalized spacial score (nSPS) is 16.1. The minimum Gasteiger partial charge on any atom is -0.466 e. The lowest BCUT2D eigenvalue weighted by Crippen LogP contribution is -2.47. The van der Waals surface area contributed by atoms with Crippen LogP contribution in [-0.2, 0) is 14.3 Å². The summed E-state index contributed by atoms with van der Waals surface area (Å²) in [4.78, 5) is 32.2. The third kappa shape index (κ3) is 8.49. The highest BCUT2D eigenvalue weighted by Crippen LogP contribution is 2.18. The number of piperidine rings is 1. The van der Waals surface area contributed by atoms with Gasteiger partial charge in [0.25, 0.3) is 0 Å². The van der Waals surface area contributed by atoms with Crippen molar-refractivity contribution in [3.8, 4) is 0 Å². The van der Waals surface area contributed by atoms with Gasteiger partial charge in [0.2, 0.25) is 0 Å². The Morgan fingerprint density at radius 1 is 1.22 bits per heavy atom. The molecule has 0 unspecified atom stereocenters. The highest BCUT2D eigenvalue weighted by Gasteiger charge is 2.27. The lowest BCUT2D eigenvalue weighted by atomic mass is 9.97. The maximum absolute atomic E-state index is 12.0. The van der Waals surface area contributed by atoms with E-state index in [1.165, 1.54) is 4.90 Å². The van der Waals surface area contributed by atoms with E-state index in [4.69, 9.17) is 9.47 Å². The average molecular weight is 385 g/mol. The number of esters is 1. The minimum absolute atomic E-state index is 0.0256. The van der Waals surface area contributed by atoms with E-state index in [0.717, 1.165) is 38.4 Å². The standard InChI is InChI=1S/C19H36N4O4/c1-7-20-17(21-11-14-22(6)18(25)27-19(3,4)5)23-12-9-15(10-13-23)16(24)26-8-2/h15H,7-14H2,1-6H3,(H,20,21). The Morgan fingerprint density at radius 3 is 2.37 bits per heavy atom. The van der Waals surface area contributed by atoms with Crippen LogP contribution in [0.25, 0.3) is 0 Å². The van der Waals surface area contributed by atoms with E-state index >= 15 is 0 Å². The van der Waals surface area contributed by atoms with Crippen LogP contribution in [0.15, 0.2) is 4.99 Å². The molecule has 27 heavy (non-hydrogen) atoms. The number of hydrogen-bond donors (Lipinski definition) is 1. The molecule has 1 aliphatic rings. The van der Waals surface area contributed by atoms with Gasteiger partial charge in [-0.05, 0) is 47.5 Å². The van der Waals surface area contributed by atoms with Gasteiger partial charge in [-0.2, -0.15) is 0 Å². The molecule has 1 heterocycles. The average Bonchev–Trinajstić information content (AvgIpc) is 2.59. The van der Waals surface area contributed by atoms with Crippen LogP contribution in [-0.4, -0.2) is 79.8 Å². The Morgan fingerprint density at radius 2 is 1.85 bits per heavy atom. The Kier molecular flexibility index (Phi) is 9.38. The van der Waals surface area contributed by atoms with Gasteiger partial charge in [0.05, 0.1) is 19.1 Å². The van der Waals surface area contributed by atoms with Crippen molar-refractivity contribution in [3.63, 3.8) is 0 Å². The van der Waals surface area contributed by atoms with Crippen molar-refractivity contribution in [2.45, 2.75) is 53.1 Å². The topological polar surface area (TPSA) is 83.5 Å². The van der Waals surface area contributed by atoms with Gasteiger partial charge in [-0.25, -0.2) is 4.79 Å². The molecule has 0 aromatic heterocycles. The smallest absolute Gasteiger partial charge is 0.410 e. The van der Waals surface area contributed by atoms with E-state index in [-0.39, 0.29) is 18.0 Å². The lowest BCUT2D eigenvalue weighted by molar-refractivity contribution is -0.149. The fourth-order valence-corrected chi connectivity index (χ4v) is 2.75. The van der Waals surface area contributed by atoms with Gasteiger partial charge in [0.1, 0.15) is 5.60 Å². The molecule has 1 saturated heterocycles. The van der Waals surface area contributed by atoms with Gasteiger partial charge in [0, 0.05) is 33.2 Å². The Hall–Kier alpha value is -1.99. The summed E-state index contributed by atoms with van der Waals surface area (Å²) in [6, 6.07) is 0. The van der Waals surface area contributed by atoms with Crippen molar-refractivity contribution < 1.29 is 19.1 Å². The summed E-state index contributed by atoms with van der Waals surface area (Å²) in [6.45, 7) is 13.1. The minimum atomic E-state index is -0.507. The van der Waals surface area contributed by atoms with Crippen molar-refractivity contribution in [1.29, 1.82) is 0 Å². The second kappa shape index (κ2) is 11.0. The molecule has 0 aliphatic carbocycles. The van der Waals surface area contributed by atoms with Crippen LogP contribution < -0.4 is 5.32 Å². The summed E-state index contributed by atoms with van der Waals surface area (Å²) in [5.74, 6) is 0.692. The number of ether oxygens (including phenoxy) is 2. The number of amides is 1. The molecule has 8 heteroatoms. The second-order valence-corrected chi connectivity index (χ2v) is 7.65. The van der Waals surface area contributed by atoms with Gasteiger partial charge >= 0.3 is 12.1 Å². The van der Waals surface area contributed by atoms with E-state index in [1.54, 1.807) is 7.05 Å². The predicted molar refractivity (Wildman–Crippen MR) is 106 cm³/mol. The molecule has 1 fully saturated rings. The molecule has 0 aromatic rings. The molecule has 0 saturated carbocycles. The molecule has 0 spiro atoms. The summed E-state index contributed by atoms with van der Waals surface area (Å²) < 4.78 is 10.5. The number of nitrogens with zero attached hydrogens (tertiary/aromatic N) is 3. The lowest BCUT2D eigenvalue weighted by Gasteiger charge is -2.33. The molecule has 0 atom stereocenters. The number of guanidine groups is 1. The van der Waals surface area contributed by atoms with E-state index in [1.807, 2.05) is 34.6 Å². The van der Waals surface area contributed by atoms with Gasteiger partial charge in [-0.1, -0.05) is 0 Å². The molecule has 156 valence electrons. The van der Waals surface area contributed by atoms with Crippen LogP contribution in [0.4, 0.5) is 4.79 Å². The molecule has 0 radical (unpaired) electrons. The Balaban J connectivity index is 2.53. The zero-order chi connectivity index (χ0) is 20.4. The summed E-state index contributed by atoms with van der Waals surface area (Å²) in [7, 11) is 1.71. The molecule has 0 aromatic carbocycles. The summed E-state index contributed by atoms with van der Waals surface area (Å²) in [5.41, 5.74) is -0.507. The molecule has 1 amide bonds. The van der Waals surface area contributed by atoms with Crippen LogP contribution in [0.1, 0.15) is 47.5 Å². The van der Waals surface area contributed by atoms with Gasteiger partial charge in [0.15, 0.2) is 5.96 Å². The Bertz CT molecular complexity index is 508. The number of carbonyl (C=O) groups excluding carboxylic acids is 2. The third-order valence-corrected chi connectivity index (χ3v) is 4.15. The monoisotopic (exact) mass is 384 g/mol. The van der Waals surface area contributed by atoms with Gasteiger partial charge in [-0.15, -0.1) is 0 Å². The molecule has 1 rings (SSSR count). The van der Waals surface area contributed by atoms with E-state index in [2.05, 4.69) is 15.2 Å². The van der Waals surface area contributed by atoms with Crippen molar-refractivity contribution in [2.24, 2.45) is 10.9 Å². The van der Waals surface area contributed by atoms with Crippen LogP contribution >= 0.6 is 0 Å². The van der Waals surface area contributed by atoms with Crippen LogP contribution in [0.2, 0.25) is 0 Å². The second-order valence-electron chi connectivity index (χ2n) is 7.65. The van der Waals surface area contributed by atoms with Gasteiger partial charge in [-0.3, -0.25) is 9.79 Å². The fourth-order valence-electron chi connectivity index (χ4n) is 2.75. The predicted octanol–water partition coefficient (Wildman–Crippen LogP) is 2.09. The molecule has 1 N–H and O–H groups in total. The van der Waals surface area contributed by atoms with Crippen LogP contribution in [0.5, 0.6) is 0 Å². The van der Waals surface area contributed by atoms with Crippen LogP contribution in [0.3, 0.4) is 0 Å². The largest absolute Gasteiger partial charge is 0.466 e. The molecular formula is C19H36N4O4. The Labute approximate surface area is 163 Å². The van der Waals surface area contributed by atoms with Crippen molar-refractivity contribution in [2.75, 3.05) is 46.4 Å². The first-order chi connectivity index (χ1) is 12.7. The summed E-state index contributed by atoms with van der Waals surface area (Å²) in [6.07, 6.45) is 1.18. The summed E-state index contributed by atoms with van der Waals surface area (Å²) >= 11 is 0. The quantitative estimate of drug-likeness (QED) is 0.429. The van der Waals surface area contributed by atoms with E-state index in [0.29, 0.717) is 19.7 Å². The number of hydrogen-bond acceptors (Lipinski definition) is 5. The highest BCUT2D eigenvalue weighted by atomic mass is 16.6. The molecule has 1 aliphatic heterocycles. The molecule has 0 bridgehead atoms. The first-order valence-corrected chi connectivity index (χ1v) is 9.82. The number of likely N-dealkylation sites (N-methyl/N-ethyl adjacent to an activating group) is 1. The fraction of sp³-hybridized carbons (Fsp3) is 0.842. The zero-order valence-electron chi connectivity index (χ0n) is 17.7. The van der Waals surface area contributed by atoms with E-state index < -0.39 is 5.60 Å². The summed E-state index contributed by atoms with van der Waals surface area (Å²) in [5, 5.41) is 3.29. The number of likely N-dealkylation sites (tertiary alicyclic amines) is 1.